The molecule has 1 aliphatic heterocycles. The van der Waals surface area contributed by atoms with Gasteiger partial charge in [0, 0.05) is 36.5 Å². The fourth-order valence-corrected chi connectivity index (χ4v) is 2.99. The van der Waals surface area contributed by atoms with E-state index >= 15 is 0 Å². The summed E-state index contributed by atoms with van der Waals surface area (Å²) in [6, 6.07) is 0. The lowest BCUT2D eigenvalue weighted by atomic mass is 9.77. The van der Waals surface area contributed by atoms with Crippen LogP contribution in [0.4, 0.5) is 0 Å². The maximum absolute atomic E-state index is 9.89. The van der Waals surface area contributed by atoms with Crippen molar-refractivity contribution in [1.82, 2.24) is 14.9 Å². The molecule has 0 aliphatic carbocycles. The second kappa shape index (κ2) is 7.14. The fourth-order valence-electron chi connectivity index (χ4n) is 2.99. The van der Waals surface area contributed by atoms with Gasteiger partial charge in [0.25, 0.3) is 0 Å². The normalized spacial score (nSPS) is 23.0. The molecule has 116 valence electrons. The van der Waals surface area contributed by atoms with Crippen molar-refractivity contribution in [1.29, 1.82) is 0 Å². The van der Waals surface area contributed by atoms with E-state index < -0.39 is 0 Å². The summed E-state index contributed by atoms with van der Waals surface area (Å²) in [5.41, 5.74) is 2.49. The molecule has 0 radical (unpaired) electrons. The van der Waals surface area contributed by atoms with Gasteiger partial charge in [-0.15, -0.1) is 0 Å². The quantitative estimate of drug-likeness (QED) is 0.847. The zero-order chi connectivity index (χ0) is 15.3. The molecule has 1 fully saturated rings. The largest absolute Gasteiger partial charge is 0.396 e. The first-order valence-electron chi connectivity index (χ1n) is 7.77. The summed E-state index contributed by atoms with van der Waals surface area (Å²) >= 11 is 0. The summed E-state index contributed by atoms with van der Waals surface area (Å²) in [5.74, 6) is 0.811. The maximum Gasteiger partial charge on any atom is 0.125 e. The minimum Gasteiger partial charge on any atom is -0.396 e. The van der Waals surface area contributed by atoms with Gasteiger partial charge in [0.15, 0.2) is 0 Å². The number of likely N-dealkylation sites (tertiary alicyclic amines) is 1. The number of aryl methyl sites for hydroxylation is 1. The third kappa shape index (κ3) is 4.61. The fraction of sp³-hybridized carbons (Fsp3) is 0.647. The molecule has 1 atom stereocenters. The van der Waals surface area contributed by atoms with Gasteiger partial charge in [-0.2, -0.15) is 0 Å². The summed E-state index contributed by atoms with van der Waals surface area (Å²) in [4.78, 5) is 11.0. The van der Waals surface area contributed by atoms with Gasteiger partial charge in [-0.1, -0.05) is 11.6 Å². The highest BCUT2D eigenvalue weighted by Gasteiger charge is 2.33. The van der Waals surface area contributed by atoms with Crippen molar-refractivity contribution in [3.8, 4) is 0 Å². The second-order valence-electron chi connectivity index (χ2n) is 6.60. The Balaban J connectivity index is 2.01. The minimum absolute atomic E-state index is 0.0150. The number of aliphatic hydroxyl groups is 1. The highest BCUT2D eigenvalue weighted by atomic mass is 16.3. The first-order chi connectivity index (χ1) is 10.0. The number of nitrogens with zero attached hydrogens (tertiary/aromatic N) is 3. The Labute approximate surface area is 127 Å². The van der Waals surface area contributed by atoms with Crippen LogP contribution in [0.3, 0.4) is 0 Å². The summed E-state index contributed by atoms with van der Waals surface area (Å²) in [6.07, 6.45) is 9.29. The molecule has 4 nitrogen and oxygen atoms in total. The number of allylic oxidation sites excluding steroid dienone is 2. The summed E-state index contributed by atoms with van der Waals surface area (Å²) in [7, 11) is 0. The van der Waals surface area contributed by atoms with E-state index in [1.807, 2.05) is 19.3 Å². The highest BCUT2D eigenvalue weighted by molar-refractivity contribution is 5.06. The lowest BCUT2D eigenvalue weighted by Crippen LogP contribution is -2.44. The molecule has 1 aromatic rings. The van der Waals surface area contributed by atoms with Crippen molar-refractivity contribution >= 4 is 0 Å². The van der Waals surface area contributed by atoms with E-state index in [0.29, 0.717) is 0 Å². The molecule has 0 aromatic carbocycles. The third-order valence-electron chi connectivity index (χ3n) is 4.26. The van der Waals surface area contributed by atoms with Crippen LogP contribution in [-0.4, -0.2) is 39.7 Å². The molecule has 0 saturated carbocycles. The first kappa shape index (κ1) is 16.1. The Kier molecular flexibility index (Phi) is 5.48. The zero-order valence-electron chi connectivity index (χ0n) is 13.5. The van der Waals surface area contributed by atoms with Gasteiger partial charge in [-0.05, 0) is 46.6 Å². The molecule has 1 aromatic heterocycles. The van der Waals surface area contributed by atoms with Crippen molar-refractivity contribution < 1.29 is 5.11 Å². The van der Waals surface area contributed by atoms with Crippen LogP contribution >= 0.6 is 0 Å². The smallest absolute Gasteiger partial charge is 0.125 e. The molecule has 2 rings (SSSR count). The van der Waals surface area contributed by atoms with Crippen molar-refractivity contribution in [2.75, 3.05) is 19.7 Å². The Morgan fingerprint density at radius 2 is 2.10 bits per heavy atom. The summed E-state index contributed by atoms with van der Waals surface area (Å²) in [6.45, 7) is 9.31. The van der Waals surface area contributed by atoms with E-state index in [1.165, 1.54) is 5.57 Å². The van der Waals surface area contributed by atoms with Crippen LogP contribution in [0.15, 0.2) is 24.0 Å². The van der Waals surface area contributed by atoms with E-state index in [0.717, 1.165) is 50.3 Å². The number of rotatable bonds is 5. The minimum atomic E-state index is 0.0150. The molecule has 0 amide bonds. The van der Waals surface area contributed by atoms with Gasteiger partial charge in [-0.3, -0.25) is 4.90 Å². The van der Waals surface area contributed by atoms with E-state index in [2.05, 4.69) is 34.8 Å². The number of aromatic nitrogens is 2. The average molecular weight is 289 g/mol. The molecule has 1 N–H and O–H groups in total. The van der Waals surface area contributed by atoms with Crippen LogP contribution in [0.1, 0.15) is 44.5 Å². The van der Waals surface area contributed by atoms with Crippen LogP contribution in [0, 0.1) is 12.3 Å². The monoisotopic (exact) mass is 289 g/mol. The molecule has 21 heavy (non-hydrogen) atoms. The maximum atomic E-state index is 9.89. The SMILES string of the molecule is CC(C)=CC[C@@]1(CO)CCCN(Cc2cnc(C)nc2)C1. The Bertz CT molecular complexity index is 479. The van der Waals surface area contributed by atoms with Crippen LogP contribution in [0.2, 0.25) is 0 Å². The molecular formula is C17H27N3O. The summed E-state index contributed by atoms with van der Waals surface area (Å²) in [5, 5.41) is 9.89. The Hall–Kier alpha value is -1.26. The van der Waals surface area contributed by atoms with Crippen molar-refractivity contribution in [3.63, 3.8) is 0 Å². The first-order valence-corrected chi connectivity index (χ1v) is 7.77. The molecule has 0 unspecified atom stereocenters. The van der Waals surface area contributed by atoms with Crippen LogP contribution in [0.5, 0.6) is 0 Å². The third-order valence-corrected chi connectivity index (χ3v) is 4.26. The number of piperidine rings is 1. The van der Waals surface area contributed by atoms with E-state index in [4.69, 9.17) is 0 Å². The van der Waals surface area contributed by atoms with Gasteiger partial charge in [0.2, 0.25) is 0 Å². The molecule has 0 spiro atoms. The van der Waals surface area contributed by atoms with E-state index in [-0.39, 0.29) is 12.0 Å². The second-order valence-corrected chi connectivity index (χ2v) is 6.60. The lowest BCUT2D eigenvalue weighted by molar-refractivity contribution is 0.0306. The average Bonchev–Trinajstić information content (AvgIpc) is 2.48. The summed E-state index contributed by atoms with van der Waals surface area (Å²) < 4.78 is 0. The predicted octanol–water partition coefficient (Wildman–Crippen LogP) is 2.72. The van der Waals surface area contributed by atoms with Gasteiger partial charge in [0.05, 0.1) is 6.61 Å². The Morgan fingerprint density at radius 3 is 2.71 bits per heavy atom. The van der Waals surface area contributed by atoms with Crippen molar-refractivity contribution in [2.24, 2.45) is 5.41 Å². The topological polar surface area (TPSA) is 49.2 Å². The zero-order valence-corrected chi connectivity index (χ0v) is 13.5. The van der Waals surface area contributed by atoms with Crippen molar-refractivity contribution in [3.05, 3.63) is 35.4 Å². The van der Waals surface area contributed by atoms with Gasteiger partial charge < -0.3 is 5.11 Å². The van der Waals surface area contributed by atoms with Crippen LogP contribution in [0.25, 0.3) is 0 Å². The standard InChI is InChI=1S/C17H27N3O/c1-14(2)5-7-17(13-21)6-4-8-20(12-17)11-16-9-18-15(3)19-10-16/h5,9-10,21H,4,6-8,11-13H2,1-3H3/t17-/m0/s1. The van der Waals surface area contributed by atoms with Gasteiger partial charge in [0.1, 0.15) is 5.82 Å². The van der Waals surface area contributed by atoms with E-state index in [1.54, 1.807) is 0 Å². The molecule has 1 aliphatic rings. The number of aliphatic hydroxyl groups excluding tert-OH is 1. The van der Waals surface area contributed by atoms with Crippen LogP contribution < -0.4 is 0 Å². The van der Waals surface area contributed by atoms with Crippen molar-refractivity contribution in [2.45, 2.75) is 46.6 Å². The van der Waals surface area contributed by atoms with Gasteiger partial charge in [-0.25, -0.2) is 9.97 Å². The molecule has 1 saturated heterocycles. The molecular weight excluding hydrogens is 262 g/mol. The van der Waals surface area contributed by atoms with Crippen LogP contribution in [-0.2, 0) is 6.54 Å². The number of hydrogen-bond acceptors (Lipinski definition) is 4. The molecule has 4 heteroatoms. The lowest BCUT2D eigenvalue weighted by Gasteiger charge is -2.41. The number of hydrogen-bond donors (Lipinski definition) is 1. The van der Waals surface area contributed by atoms with E-state index in [9.17, 15) is 5.11 Å². The molecule has 0 bridgehead atoms. The molecule has 2 heterocycles. The Morgan fingerprint density at radius 1 is 1.38 bits per heavy atom. The predicted molar refractivity (Wildman–Crippen MR) is 84.8 cm³/mol. The van der Waals surface area contributed by atoms with Gasteiger partial charge >= 0.3 is 0 Å². The highest BCUT2D eigenvalue weighted by Crippen LogP contribution is 2.34.